The zero-order chi connectivity index (χ0) is 25.4. The number of anilines is 2. The highest BCUT2D eigenvalue weighted by molar-refractivity contribution is 7.21. The molecule has 1 saturated heterocycles. The number of rotatable bonds is 3. The number of hydrogen-bond donors (Lipinski definition) is 2. The molecule has 0 bridgehead atoms. The Morgan fingerprint density at radius 2 is 1.86 bits per heavy atom. The highest BCUT2D eigenvalue weighted by Crippen LogP contribution is 2.40. The second kappa shape index (κ2) is 9.73. The number of urea groups is 1. The van der Waals surface area contributed by atoms with Crippen molar-refractivity contribution in [1.29, 1.82) is 0 Å². The number of carbonyl (C=O) groups is 2. The van der Waals surface area contributed by atoms with E-state index >= 15 is 0 Å². The molecule has 3 heterocycles. The molecule has 1 aliphatic carbocycles. The van der Waals surface area contributed by atoms with Gasteiger partial charge in [-0.2, -0.15) is 0 Å². The van der Waals surface area contributed by atoms with Gasteiger partial charge in [0, 0.05) is 42.7 Å². The van der Waals surface area contributed by atoms with Gasteiger partial charge in [0.05, 0.1) is 5.69 Å². The lowest BCUT2D eigenvalue weighted by Gasteiger charge is -2.34. The first kappa shape index (κ1) is 24.6. The fourth-order valence-corrected chi connectivity index (χ4v) is 6.17. The van der Waals surface area contributed by atoms with Gasteiger partial charge in [0.25, 0.3) is 0 Å². The molecule has 2 amide bonds. The van der Waals surface area contributed by atoms with Crippen LogP contribution in [0.25, 0.3) is 10.2 Å². The van der Waals surface area contributed by atoms with Crippen molar-refractivity contribution < 1.29 is 14.3 Å². The van der Waals surface area contributed by atoms with Crippen LogP contribution in [-0.2, 0) is 17.6 Å². The number of fused-ring (bicyclic) bond motifs is 2. The average Bonchev–Trinajstić information content (AvgIpc) is 3.18. The molecule has 1 unspecified atom stereocenters. The van der Waals surface area contributed by atoms with Gasteiger partial charge in [-0.1, -0.05) is 39.0 Å². The highest BCUT2D eigenvalue weighted by atomic mass is 32.1. The summed E-state index contributed by atoms with van der Waals surface area (Å²) in [4.78, 5) is 33.5. The lowest BCUT2D eigenvalue weighted by atomic mass is 9.71. The first-order valence-corrected chi connectivity index (χ1v) is 13.5. The summed E-state index contributed by atoms with van der Waals surface area (Å²) in [5.41, 5.74) is 10.3. The van der Waals surface area contributed by atoms with Crippen LogP contribution in [0.1, 0.15) is 61.0 Å². The van der Waals surface area contributed by atoms with E-state index in [4.69, 9.17) is 15.5 Å². The Kier molecular flexibility index (Phi) is 6.64. The zero-order valence-corrected chi connectivity index (χ0v) is 22.0. The summed E-state index contributed by atoms with van der Waals surface area (Å²) in [6, 6.07) is 11.4. The number of ether oxygens (including phenoxy) is 1. The lowest BCUT2D eigenvalue weighted by molar-refractivity contribution is 0.0164. The number of esters is 1. The molecule has 3 N–H and O–H groups in total. The van der Waals surface area contributed by atoms with Crippen molar-refractivity contribution in [3.63, 3.8) is 0 Å². The number of pyridine rings is 1. The van der Waals surface area contributed by atoms with Crippen LogP contribution < -0.4 is 11.1 Å². The van der Waals surface area contributed by atoms with E-state index in [0.717, 1.165) is 40.9 Å². The van der Waals surface area contributed by atoms with Gasteiger partial charge in [-0.15, -0.1) is 11.3 Å². The number of nitrogens with one attached hydrogen (secondary N) is 1. The van der Waals surface area contributed by atoms with Gasteiger partial charge in [0.1, 0.15) is 15.8 Å². The van der Waals surface area contributed by atoms with Crippen molar-refractivity contribution in [2.75, 3.05) is 24.1 Å². The van der Waals surface area contributed by atoms with Crippen LogP contribution in [0.3, 0.4) is 0 Å². The Hall–Kier alpha value is -3.13. The van der Waals surface area contributed by atoms with Crippen LogP contribution in [0.2, 0.25) is 0 Å². The number of thiophene rings is 1. The molecular weight excluding hydrogens is 472 g/mol. The van der Waals surface area contributed by atoms with Crippen LogP contribution >= 0.6 is 11.3 Å². The molecule has 36 heavy (non-hydrogen) atoms. The van der Waals surface area contributed by atoms with E-state index in [-0.39, 0.29) is 17.6 Å². The molecule has 190 valence electrons. The van der Waals surface area contributed by atoms with E-state index in [2.05, 4.69) is 32.2 Å². The Labute approximate surface area is 216 Å². The van der Waals surface area contributed by atoms with Crippen molar-refractivity contribution in [3.8, 4) is 0 Å². The Morgan fingerprint density at radius 1 is 1.14 bits per heavy atom. The number of piperidine rings is 1. The maximum atomic E-state index is 13.1. The normalized spacial score (nSPS) is 18.6. The number of hydrogen-bond acceptors (Lipinski definition) is 6. The third-order valence-electron chi connectivity index (χ3n) is 7.52. The summed E-state index contributed by atoms with van der Waals surface area (Å²) in [5.74, 6) is 0.211. The molecule has 1 atom stereocenters. The molecule has 8 heteroatoms. The molecule has 3 aromatic rings. The summed E-state index contributed by atoms with van der Waals surface area (Å²) in [7, 11) is 0. The van der Waals surface area contributed by atoms with E-state index < -0.39 is 5.97 Å². The van der Waals surface area contributed by atoms with E-state index in [1.165, 1.54) is 16.9 Å². The van der Waals surface area contributed by atoms with Gasteiger partial charge >= 0.3 is 12.0 Å². The van der Waals surface area contributed by atoms with Crippen LogP contribution in [0.5, 0.6) is 0 Å². The van der Waals surface area contributed by atoms with Crippen molar-refractivity contribution in [3.05, 3.63) is 52.5 Å². The van der Waals surface area contributed by atoms with E-state index in [0.29, 0.717) is 42.4 Å². The summed E-state index contributed by atoms with van der Waals surface area (Å²) in [5, 5.41) is 3.76. The number of benzene rings is 1. The summed E-state index contributed by atoms with van der Waals surface area (Å²) < 4.78 is 5.83. The minimum absolute atomic E-state index is 0.136. The molecule has 2 aromatic heterocycles. The number of nitrogens with zero attached hydrogens (tertiary/aromatic N) is 2. The molecule has 1 aliphatic heterocycles. The maximum absolute atomic E-state index is 13.1. The molecule has 0 radical (unpaired) electrons. The molecule has 5 rings (SSSR count). The third-order valence-corrected chi connectivity index (χ3v) is 8.62. The molecular formula is C28H34N4O3S. The summed E-state index contributed by atoms with van der Waals surface area (Å²) >= 11 is 1.32. The number of likely N-dealkylation sites (tertiary alicyclic amines) is 1. The fourth-order valence-electron chi connectivity index (χ4n) is 5.19. The van der Waals surface area contributed by atoms with Gasteiger partial charge in [-0.05, 0) is 54.4 Å². The Morgan fingerprint density at radius 3 is 2.56 bits per heavy atom. The average molecular weight is 507 g/mol. The number of aryl methyl sites for hydroxylation is 1. The molecule has 0 saturated carbocycles. The van der Waals surface area contributed by atoms with Crippen LogP contribution in [0.15, 0.2) is 36.4 Å². The van der Waals surface area contributed by atoms with Gasteiger partial charge in [0.2, 0.25) is 0 Å². The summed E-state index contributed by atoms with van der Waals surface area (Å²) in [6.07, 6.45) is 4.04. The van der Waals surface area contributed by atoms with Gasteiger partial charge < -0.3 is 20.7 Å². The smallest absolute Gasteiger partial charge is 0.350 e. The minimum Gasteiger partial charge on any atom is -0.458 e. The molecule has 1 fully saturated rings. The molecule has 1 aromatic carbocycles. The van der Waals surface area contributed by atoms with Crippen molar-refractivity contribution in [2.45, 2.75) is 59.0 Å². The van der Waals surface area contributed by atoms with Gasteiger partial charge in [-0.25, -0.2) is 14.6 Å². The molecule has 2 aliphatic rings. The number of nitrogens with two attached hydrogens (primary N) is 1. The maximum Gasteiger partial charge on any atom is 0.350 e. The van der Waals surface area contributed by atoms with Crippen LogP contribution in [0.4, 0.5) is 16.2 Å². The number of aromatic nitrogens is 1. The highest BCUT2D eigenvalue weighted by Gasteiger charge is 2.31. The fraction of sp³-hybridized carbons (Fsp3) is 0.464. The van der Waals surface area contributed by atoms with E-state index in [1.807, 2.05) is 30.3 Å². The molecule has 0 spiro atoms. The second-order valence-corrected chi connectivity index (χ2v) is 12.0. The first-order valence-electron chi connectivity index (χ1n) is 12.7. The van der Waals surface area contributed by atoms with E-state index in [9.17, 15) is 9.59 Å². The topological polar surface area (TPSA) is 97.5 Å². The van der Waals surface area contributed by atoms with Gasteiger partial charge in [-0.3, -0.25) is 0 Å². The lowest BCUT2D eigenvalue weighted by Crippen LogP contribution is -2.43. The predicted octanol–water partition coefficient (Wildman–Crippen LogP) is 5.88. The van der Waals surface area contributed by atoms with Crippen LogP contribution in [0, 0.1) is 11.3 Å². The zero-order valence-electron chi connectivity index (χ0n) is 21.2. The Bertz CT molecular complexity index is 1270. The first-order chi connectivity index (χ1) is 17.2. The summed E-state index contributed by atoms with van der Waals surface area (Å²) in [6.45, 7) is 7.94. The van der Waals surface area contributed by atoms with Gasteiger partial charge in [0.15, 0.2) is 0 Å². The van der Waals surface area contributed by atoms with Crippen molar-refractivity contribution >= 4 is 44.9 Å². The Balaban J connectivity index is 1.22. The SMILES string of the molecule is CC(C)(C)C1CCc2nc3sc(C(=O)OC4CCN(C(=O)Nc5ccccc5)CC4)c(N)c3cc2C1. The van der Waals surface area contributed by atoms with Crippen molar-refractivity contribution in [2.24, 2.45) is 11.3 Å². The standard InChI is InChI=1S/C28H34N4O3S/c1-28(2,3)18-9-10-22-17(15-18)16-21-23(29)24(36-25(21)31-22)26(33)35-20-11-13-32(14-12-20)27(34)30-19-7-5-4-6-8-19/h4-8,16,18,20H,9-15,29H2,1-3H3,(H,30,34). The predicted molar refractivity (Wildman–Crippen MR) is 144 cm³/mol. The minimum atomic E-state index is -0.395. The van der Waals surface area contributed by atoms with Crippen molar-refractivity contribution in [1.82, 2.24) is 9.88 Å². The monoisotopic (exact) mass is 506 g/mol. The number of para-hydroxylation sites is 1. The number of carbonyl (C=O) groups excluding carboxylic acids is 2. The number of amides is 2. The second-order valence-electron chi connectivity index (χ2n) is 11.0. The molecule has 7 nitrogen and oxygen atoms in total. The quantitative estimate of drug-likeness (QED) is 0.432. The largest absolute Gasteiger partial charge is 0.458 e. The number of nitrogen functional groups attached to an aromatic ring is 1. The third kappa shape index (κ3) is 5.05. The van der Waals surface area contributed by atoms with Crippen LogP contribution in [-0.4, -0.2) is 41.1 Å². The van der Waals surface area contributed by atoms with E-state index in [1.54, 1.807) is 4.90 Å².